The summed E-state index contributed by atoms with van der Waals surface area (Å²) in [6.45, 7) is 2.81. The highest BCUT2D eigenvalue weighted by Gasteiger charge is 2.38. The third kappa shape index (κ3) is 5.04. The lowest BCUT2D eigenvalue weighted by Gasteiger charge is -2.40. The zero-order valence-corrected chi connectivity index (χ0v) is 20.3. The van der Waals surface area contributed by atoms with Crippen LogP contribution < -0.4 is 15.4 Å². The molecule has 1 unspecified atom stereocenters. The average Bonchev–Trinajstić information content (AvgIpc) is 2.87. The number of benzene rings is 2. The number of anilines is 2. The van der Waals surface area contributed by atoms with Gasteiger partial charge >= 0.3 is 12.0 Å². The number of hydrogen-bond acceptors (Lipinski definition) is 7. The second-order valence-electron chi connectivity index (χ2n) is 7.83. The Kier molecular flexibility index (Phi) is 7.42. The summed E-state index contributed by atoms with van der Waals surface area (Å²) in [5.41, 5.74) is 3.55. The van der Waals surface area contributed by atoms with Gasteiger partial charge in [0.1, 0.15) is 5.75 Å². The fraction of sp³-hybridized carbons (Fsp3) is 0.320. The Bertz CT molecular complexity index is 1130. The minimum absolute atomic E-state index is 0.276. The molecule has 1 saturated heterocycles. The second-order valence-corrected chi connectivity index (χ2v) is 8.89. The number of thioether (sulfide) groups is 1. The maximum Gasteiger partial charge on any atom is 0.338 e. The van der Waals surface area contributed by atoms with E-state index in [1.807, 2.05) is 37.3 Å². The average molecular weight is 481 g/mol. The van der Waals surface area contributed by atoms with Crippen LogP contribution in [0.4, 0.5) is 16.2 Å². The fourth-order valence-electron chi connectivity index (χ4n) is 4.10. The van der Waals surface area contributed by atoms with E-state index in [4.69, 9.17) is 14.5 Å². The van der Waals surface area contributed by atoms with Crippen LogP contribution in [0.25, 0.3) is 0 Å². The van der Waals surface area contributed by atoms with E-state index in [1.54, 1.807) is 37.1 Å². The van der Waals surface area contributed by atoms with Crippen LogP contribution in [-0.2, 0) is 9.53 Å². The maximum absolute atomic E-state index is 12.8. The minimum Gasteiger partial charge on any atom is -0.497 e. The Balaban J connectivity index is 1.55. The second kappa shape index (κ2) is 10.6. The molecule has 2 aromatic rings. The van der Waals surface area contributed by atoms with Crippen molar-refractivity contribution in [3.05, 3.63) is 65.4 Å². The van der Waals surface area contributed by atoms with Crippen LogP contribution >= 0.6 is 11.8 Å². The van der Waals surface area contributed by atoms with E-state index in [0.717, 1.165) is 35.1 Å². The van der Waals surface area contributed by atoms with Gasteiger partial charge in [-0.05, 0) is 42.7 Å². The zero-order valence-electron chi connectivity index (χ0n) is 19.5. The number of hydrogen-bond donors (Lipinski definition) is 2. The molecule has 178 valence electrons. The van der Waals surface area contributed by atoms with Crippen LogP contribution in [0.2, 0.25) is 0 Å². The van der Waals surface area contributed by atoms with Crippen molar-refractivity contribution in [2.24, 2.45) is 4.99 Å². The fourth-order valence-corrected chi connectivity index (χ4v) is 5.09. The first-order valence-electron chi connectivity index (χ1n) is 11.2. The van der Waals surface area contributed by atoms with Gasteiger partial charge in [-0.15, -0.1) is 0 Å². The quantitative estimate of drug-likeness (QED) is 0.564. The summed E-state index contributed by atoms with van der Waals surface area (Å²) in [5, 5.41) is 6.59. The Morgan fingerprint density at radius 1 is 1.12 bits per heavy atom. The van der Waals surface area contributed by atoms with Gasteiger partial charge < -0.3 is 25.0 Å². The van der Waals surface area contributed by atoms with Crippen molar-refractivity contribution in [3.8, 4) is 5.75 Å². The molecule has 2 aromatic carbocycles. The molecule has 1 fully saturated rings. The topological polar surface area (TPSA) is 92.3 Å². The summed E-state index contributed by atoms with van der Waals surface area (Å²) < 4.78 is 10.3. The molecule has 2 aliphatic heterocycles. The molecule has 0 saturated carbocycles. The van der Waals surface area contributed by atoms with Gasteiger partial charge in [0.05, 0.1) is 31.5 Å². The number of methoxy groups -OCH3 is 2. The van der Waals surface area contributed by atoms with Crippen LogP contribution in [-0.4, -0.2) is 48.6 Å². The molecular formula is C25H28N4O4S. The third-order valence-corrected chi connectivity index (χ3v) is 6.78. The number of rotatable bonds is 6. The molecule has 2 heterocycles. The number of ether oxygens (including phenoxy) is 2. The first-order chi connectivity index (χ1) is 16.5. The number of allylic oxidation sites excluding steroid dienone is 1. The highest BCUT2D eigenvalue weighted by molar-refractivity contribution is 8.13. The number of urea groups is 1. The van der Waals surface area contributed by atoms with Crippen molar-refractivity contribution in [2.45, 2.75) is 25.8 Å². The molecule has 2 amide bonds. The SMILES string of the molecule is CCC1=C(C(=O)OC)C(c2ccc(NC(=O)Nc3cccc(OC)c3)cc2)N2CCCSC2=N1. The normalized spacial score (nSPS) is 17.4. The number of aliphatic imine (C=N–C) groups is 1. The largest absolute Gasteiger partial charge is 0.497 e. The van der Waals surface area contributed by atoms with Gasteiger partial charge in [0, 0.05) is 29.7 Å². The number of carbonyl (C=O) groups excluding carboxylic acids is 2. The summed E-state index contributed by atoms with van der Waals surface area (Å²) in [7, 11) is 2.98. The molecule has 1 atom stereocenters. The highest BCUT2D eigenvalue weighted by atomic mass is 32.2. The van der Waals surface area contributed by atoms with E-state index >= 15 is 0 Å². The van der Waals surface area contributed by atoms with E-state index in [-0.39, 0.29) is 18.0 Å². The lowest BCUT2D eigenvalue weighted by atomic mass is 9.93. The molecule has 0 bridgehead atoms. The van der Waals surface area contributed by atoms with Gasteiger partial charge in [-0.3, -0.25) is 0 Å². The predicted molar refractivity (Wildman–Crippen MR) is 135 cm³/mol. The number of carbonyl (C=O) groups is 2. The van der Waals surface area contributed by atoms with E-state index in [0.29, 0.717) is 29.1 Å². The van der Waals surface area contributed by atoms with Gasteiger partial charge in [-0.1, -0.05) is 36.9 Å². The summed E-state index contributed by atoms with van der Waals surface area (Å²) in [6, 6.07) is 14.1. The molecule has 0 radical (unpaired) electrons. The van der Waals surface area contributed by atoms with Crippen LogP contribution in [0.1, 0.15) is 31.4 Å². The molecule has 0 spiro atoms. The Morgan fingerprint density at radius 2 is 1.88 bits per heavy atom. The van der Waals surface area contributed by atoms with Crippen molar-refractivity contribution in [3.63, 3.8) is 0 Å². The number of nitrogens with zero attached hydrogens (tertiary/aromatic N) is 2. The summed E-state index contributed by atoms with van der Waals surface area (Å²) in [5.74, 6) is 1.31. The smallest absolute Gasteiger partial charge is 0.338 e. The number of amides is 2. The Hall–Kier alpha value is -3.46. The minimum atomic E-state index is -0.361. The molecule has 0 aromatic heterocycles. The van der Waals surface area contributed by atoms with E-state index < -0.39 is 0 Å². The van der Waals surface area contributed by atoms with Gasteiger partial charge in [-0.25, -0.2) is 14.6 Å². The van der Waals surface area contributed by atoms with E-state index in [9.17, 15) is 9.59 Å². The first-order valence-corrected chi connectivity index (χ1v) is 12.1. The van der Waals surface area contributed by atoms with Gasteiger partial charge in [-0.2, -0.15) is 0 Å². The maximum atomic E-state index is 12.8. The van der Waals surface area contributed by atoms with Crippen molar-refractivity contribution in [1.29, 1.82) is 0 Å². The lowest BCUT2D eigenvalue weighted by molar-refractivity contribution is -0.136. The molecular weight excluding hydrogens is 452 g/mol. The van der Waals surface area contributed by atoms with Crippen molar-refractivity contribution >= 4 is 40.3 Å². The summed E-state index contributed by atoms with van der Waals surface area (Å²) >= 11 is 1.72. The predicted octanol–water partition coefficient (Wildman–Crippen LogP) is 5.03. The molecule has 34 heavy (non-hydrogen) atoms. The molecule has 4 rings (SSSR count). The van der Waals surface area contributed by atoms with Crippen LogP contribution in [0, 0.1) is 0 Å². The van der Waals surface area contributed by atoms with Gasteiger partial charge in [0.2, 0.25) is 0 Å². The number of nitrogens with one attached hydrogen (secondary N) is 2. The Labute approximate surface area is 203 Å². The zero-order chi connectivity index (χ0) is 24.1. The molecule has 8 nitrogen and oxygen atoms in total. The molecule has 0 aliphatic carbocycles. The van der Waals surface area contributed by atoms with Gasteiger partial charge in [0.25, 0.3) is 0 Å². The number of fused-ring (bicyclic) bond motifs is 1. The Morgan fingerprint density at radius 3 is 2.59 bits per heavy atom. The number of esters is 1. The molecule has 2 N–H and O–H groups in total. The van der Waals surface area contributed by atoms with Gasteiger partial charge in [0.15, 0.2) is 5.17 Å². The molecule has 2 aliphatic rings. The standard InChI is InChI=1S/C25H28N4O4S/c1-4-20-21(23(30)33-3)22(29-13-6-14-34-25(29)28-20)16-9-11-17(12-10-16)26-24(31)27-18-7-5-8-19(15-18)32-2/h5,7-12,15,22H,4,6,13-14H2,1-3H3,(H2,26,27,31). The third-order valence-electron chi connectivity index (χ3n) is 5.70. The first kappa shape index (κ1) is 23.7. The lowest BCUT2D eigenvalue weighted by Crippen LogP contribution is -2.42. The van der Waals surface area contributed by atoms with Crippen LogP contribution in [0.5, 0.6) is 5.75 Å². The summed E-state index contributed by atoms with van der Waals surface area (Å²) in [6.07, 6.45) is 1.66. The van der Waals surface area contributed by atoms with E-state index in [2.05, 4.69) is 15.5 Å². The monoisotopic (exact) mass is 480 g/mol. The van der Waals surface area contributed by atoms with Crippen molar-refractivity contribution in [2.75, 3.05) is 37.2 Å². The summed E-state index contributed by atoms with van der Waals surface area (Å²) in [4.78, 5) is 32.2. The van der Waals surface area contributed by atoms with Crippen LogP contribution in [0.3, 0.4) is 0 Å². The van der Waals surface area contributed by atoms with Crippen molar-refractivity contribution in [1.82, 2.24) is 4.90 Å². The molecule has 9 heteroatoms. The van der Waals surface area contributed by atoms with Crippen molar-refractivity contribution < 1.29 is 19.1 Å². The highest BCUT2D eigenvalue weighted by Crippen LogP contribution is 2.40. The number of amidine groups is 1. The van der Waals surface area contributed by atoms with Crippen LogP contribution in [0.15, 0.2) is 64.8 Å². The van der Waals surface area contributed by atoms with E-state index in [1.165, 1.54) is 7.11 Å².